The summed E-state index contributed by atoms with van der Waals surface area (Å²) >= 11 is 0. The highest BCUT2D eigenvalue weighted by Gasteiger charge is 2.14. The summed E-state index contributed by atoms with van der Waals surface area (Å²) in [6.07, 6.45) is 6.05. The number of rotatable bonds is 10. The van der Waals surface area contributed by atoms with Gasteiger partial charge in [0.05, 0.1) is 36.0 Å². The number of pyridine rings is 2. The van der Waals surface area contributed by atoms with Crippen LogP contribution in [0.15, 0.2) is 70.5 Å². The van der Waals surface area contributed by atoms with Crippen molar-refractivity contribution in [2.45, 2.75) is 60.8 Å². The summed E-state index contributed by atoms with van der Waals surface area (Å²) in [5.74, 6) is 0.784. The van der Waals surface area contributed by atoms with Crippen LogP contribution in [0.1, 0.15) is 52.9 Å². The lowest BCUT2D eigenvalue weighted by molar-refractivity contribution is 0.273. The number of hydrogen-bond donors (Lipinski definition) is 0. The summed E-state index contributed by atoms with van der Waals surface area (Å²) in [5.41, 5.74) is 8.07. The first-order valence-electron chi connectivity index (χ1n) is 13.5. The monoisotopic (exact) mass is 526 g/mol. The molecule has 4 rings (SSSR count). The molecule has 2 aromatic carbocycles. The van der Waals surface area contributed by atoms with Gasteiger partial charge in [-0.25, -0.2) is 0 Å². The second-order valence-corrected chi connectivity index (χ2v) is 10.2. The molecule has 0 aliphatic carbocycles. The van der Waals surface area contributed by atoms with Crippen LogP contribution in [0.4, 0.5) is 0 Å². The van der Waals surface area contributed by atoms with E-state index in [1.54, 1.807) is 12.1 Å². The number of nitrogens with zero attached hydrogens (tertiary/aromatic N) is 2. The predicted molar refractivity (Wildman–Crippen MR) is 157 cm³/mol. The standard InChI is InChI=1S/C33H38N2O4/c1-22-12-10-13-23(2)30(22)34-18-16-28(36)32(26(34)5)38-20-8-7-9-21-39-33-27(6)35(19-17-29(33)37)31-24(3)14-11-15-25(31)4/h10-19H,7-9,20-21H2,1-6H3. The lowest BCUT2D eigenvalue weighted by Gasteiger charge is -2.19. The van der Waals surface area contributed by atoms with Crippen LogP contribution in [-0.2, 0) is 0 Å². The highest BCUT2D eigenvalue weighted by molar-refractivity contribution is 5.51. The number of aromatic nitrogens is 2. The highest BCUT2D eigenvalue weighted by Crippen LogP contribution is 2.25. The molecule has 0 aliphatic heterocycles. The number of unbranched alkanes of at least 4 members (excludes halogenated alkanes) is 2. The average molecular weight is 527 g/mol. The summed E-state index contributed by atoms with van der Waals surface area (Å²) < 4.78 is 16.0. The van der Waals surface area contributed by atoms with E-state index in [9.17, 15) is 9.59 Å². The van der Waals surface area contributed by atoms with Crippen molar-refractivity contribution in [3.63, 3.8) is 0 Å². The largest absolute Gasteiger partial charge is 0.488 e. The topological polar surface area (TPSA) is 62.5 Å². The SMILES string of the molecule is Cc1cccc(C)c1-n1ccc(=O)c(OCCCCCOc2c(C)n(-c3c(C)cccc3C)ccc2=O)c1C. The first kappa shape index (κ1) is 28.0. The van der Waals surface area contributed by atoms with Crippen molar-refractivity contribution in [3.05, 3.63) is 115 Å². The maximum atomic E-state index is 12.6. The molecule has 0 N–H and O–H groups in total. The van der Waals surface area contributed by atoms with E-state index in [-0.39, 0.29) is 10.9 Å². The minimum atomic E-state index is -0.113. The molecule has 0 radical (unpaired) electrons. The summed E-state index contributed by atoms with van der Waals surface area (Å²) in [4.78, 5) is 25.1. The minimum Gasteiger partial charge on any atom is -0.488 e. The van der Waals surface area contributed by atoms with Crippen LogP contribution in [0, 0.1) is 41.5 Å². The van der Waals surface area contributed by atoms with E-state index < -0.39 is 0 Å². The fourth-order valence-corrected chi connectivity index (χ4v) is 5.17. The van der Waals surface area contributed by atoms with Gasteiger partial charge >= 0.3 is 0 Å². The zero-order chi connectivity index (χ0) is 28.1. The van der Waals surface area contributed by atoms with Crippen LogP contribution < -0.4 is 20.3 Å². The molecule has 0 saturated heterocycles. The van der Waals surface area contributed by atoms with Crippen molar-refractivity contribution in [1.29, 1.82) is 0 Å². The summed E-state index contributed by atoms with van der Waals surface area (Å²) in [6, 6.07) is 15.5. The Morgan fingerprint density at radius 1 is 0.538 bits per heavy atom. The third kappa shape index (κ3) is 6.00. The molecule has 6 nitrogen and oxygen atoms in total. The first-order chi connectivity index (χ1) is 18.7. The molecule has 0 amide bonds. The molecule has 0 fully saturated rings. The number of ether oxygens (including phenoxy) is 2. The average Bonchev–Trinajstić information content (AvgIpc) is 2.89. The van der Waals surface area contributed by atoms with E-state index in [1.807, 2.05) is 47.5 Å². The van der Waals surface area contributed by atoms with Gasteiger partial charge in [-0.15, -0.1) is 0 Å². The van der Waals surface area contributed by atoms with Crippen molar-refractivity contribution >= 4 is 0 Å². The second kappa shape index (κ2) is 12.2. The minimum absolute atomic E-state index is 0.113. The van der Waals surface area contributed by atoms with Gasteiger partial charge in [-0.3, -0.25) is 9.59 Å². The van der Waals surface area contributed by atoms with Gasteiger partial charge in [-0.1, -0.05) is 36.4 Å². The zero-order valence-electron chi connectivity index (χ0n) is 23.8. The van der Waals surface area contributed by atoms with Crippen molar-refractivity contribution in [2.75, 3.05) is 13.2 Å². The van der Waals surface area contributed by atoms with Crippen molar-refractivity contribution in [1.82, 2.24) is 9.13 Å². The van der Waals surface area contributed by atoms with E-state index in [2.05, 4.69) is 52.0 Å². The molecule has 2 heterocycles. The maximum Gasteiger partial charge on any atom is 0.223 e. The summed E-state index contributed by atoms with van der Waals surface area (Å²) in [7, 11) is 0. The molecular formula is C33H38N2O4. The normalized spacial score (nSPS) is 11.0. The zero-order valence-corrected chi connectivity index (χ0v) is 23.8. The Morgan fingerprint density at radius 2 is 0.897 bits per heavy atom. The number of aryl methyl sites for hydroxylation is 4. The predicted octanol–water partition coefficient (Wildman–Crippen LogP) is 6.47. The molecule has 39 heavy (non-hydrogen) atoms. The number of hydrogen-bond acceptors (Lipinski definition) is 4. The smallest absolute Gasteiger partial charge is 0.223 e. The van der Waals surface area contributed by atoms with E-state index in [1.165, 1.54) is 0 Å². The van der Waals surface area contributed by atoms with Crippen LogP contribution in [0.25, 0.3) is 11.4 Å². The highest BCUT2D eigenvalue weighted by atomic mass is 16.5. The maximum absolute atomic E-state index is 12.6. The van der Waals surface area contributed by atoms with E-state index in [0.717, 1.165) is 64.3 Å². The van der Waals surface area contributed by atoms with Gasteiger partial charge in [0, 0.05) is 24.5 Å². The molecule has 0 saturated carbocycles. The van der Waals surface area contributed by atoms with Crippen molar-refractivity contribution < 1.29 is 9.47 Å². The van der Waals surface area contributed by atoms with Crippen LogP contribution >= 0.6 is 0 Å². The summed E-state index contributed by atoms with van der Waals surface area (Å²) in [5, 5.41) is 0. The Kier molecular flexibility index (Phi) is 8.75. The molecular weight excluding hydrogens is 488 g/mol. The van der Waals surface area contributed by atoms with Crippen LogP contribution in [0.3, 0.4) is 0 Å². The molecule has 0 atom stereocenters. The van der Waals surface area contributed by atoms with Crippen molar-refractivity contribution in [2.24, 2.45) is 0 Å². The third-order valence-electron chi connectivity index (χ3n) is 7.22. The number of benzene rings is 2. The molecule has 6 heteroatoms. The van der Waals surface area contributed by atoms with Crippen LogP contribution in [0.5, 0.6) is 11.5 Å². The number of para-hydroxylation sites is 2. The molecule has 204 valence electrons. The third-order valence-corrected chi connectivity index (χ3v) is 7.22. The molecule has 0 bridgehead atoms. The van der Waals surface area contributed by atoms with E-state index >= 15 is 0 Å². The quantitative estimate of drug-likeness (QED) is 0.222. The second-order valence-electron chi connectivity index (χ2n) is 10.2. The Balaban J connectivity index is 1.34. The van der Waals surface area contributed by atoms with E-state index in [0.29, 0.717) is 24.7 Å². The van der Waals surface area contributed by atoms with Crippen molar-refractivity contribution in [3.8, 4) is 22.9 Å². The summed E-state index contributed by atoms with van der Waals surface area (Å²) in [6.45, 7) is 13.0. The first-order valence-corrected chi connectivity index (χ1v) is 13.5. The van der Waals surface area contributed by atoms with Gasteiger partial charge < -0.3 is 18.6 Å². The van der Waals surface area contributed by atoms with Crippen LogP contribution in [0.2, 0.25) is 0 Å². The van der Waals surface area contributed by atoms with Gasteiger partial charge in [0.15, 0.2) is 11.5 Å². The Morgan fingerprint density at radius 3 is 1.26 bits per heavy atom. The fourth-order valence-electron chi connectivity index (χ4n) is 5.17. The van der Waals surface area contributed by atoms with Gasteiger partial charge in [0.1, 0.15) is 0 Å². The van der Waals surface area contributed by atoms with Gasteiger partial charge in [-0.05, 0) is 83.1 Å². The fraction of sp³-hybridized carbons (Fsp3) is 0.333. The molecule has 0 aliphatic rings. The molecule has 2 aromatic heterocycles. The molecule has 0 spiro atoms. The Bertz CT molecular complexity index is 1440. The Hall–Kier alpha value is -4.06. The lowest BCUT2D eigenvalue weighted by atomic mass is 10.1. The van der Waals surface area contributed by atoms with Crippen LogP contribution in [-0.4, -0.2) is 22.3 Å². The molecule has 4 aromatic rings. The molecule has 0 unspecified atom stereocenters. The van der Waals surface area contributed by atoms with Gasteiger partial charge in [-0.2, -0.15) is 0 Å². The lowest BCUT2D eigenvalue weighted by Crippen LogP contribution is -2.16. The van der Waals surface area contributed by atoms with E-state index in [4.69, 9.17) is 9.47 Å². The van der Waals surface area contributed by atoms with Gasteiger partial charge in [0.2, 0.25) is 10.9 Å². The Labute approximate surface area is 230 Å². The van der Waals surface area contributed by atoms with Gasteiger partial charge in [0.25, 0.3) is 0 Å².